The molecule has 0 aliphatic heterocycles. The van der Waals surface area contributed by atoms with Crippen LogP contribution in [-0.2, 0) is 12.8 Å². The smallest absolute Gasteiger partial charge is 0.260 e. The van der Waals surface area contributed by atoms with Crippen molar-refractivity contribution in [3.63, 3.8) is 0 Å². The van der Waals surface area contributed by atoms with Crippen LogP contribution in [0.1, 0.15) is 28.2 Å². The lowest BCUT2D eigenvalue weighted by atomic mass is 10.2. The van der Waals surface area contributed by atoms with Crippen molar-refractivity contribution in [3.05, 3.63) is 56.4 Å². The van der Waals surface area contributed by atoms with E-state index in [1.807, 2.05) is 6.26 Å². The molecular weight excluding hydrogens is 368 g/mol. The number of thioether (sulfide) groups is 2. The number of aryl methyl sites for hydroxylation is 2. The highest BCUT2D eigenvalue weighted by atomic mass is 32.2. The average Bonchev–Trinajstić information content (AvgIpc) is 3.20. The van der Waals surface area contributed by atoms with E-state index in [0.717, 1.165) is 39.9 Å². The van der Waals surface area contributed by atoms with Crippen molar-refractivity contribution in [3.8, 4) is 0 Å². The van der Waals surface area contributed by atoms with Gasteiger partial charge in [0.2, 0.25) is 0 Å². The molecule has 0 radical (unpaired) electrons. The summed E-state index contributed by atoms with van der Waals surface area (Å²) in [7, 11) is 0. The van der Waals surface area contributed by atoms with Gasteiger partial charge < -0.3 is 4.98 Å². The van der Waals surface area contributed by atoms with Gasteiger partial charge in [-0.2, -0.15) is 0 Å². The maximum atomic E-state index is 12.6. The zero-order chi connectivity index (χ0) is 17.4. The molecule has 2 heterocycles. The Kier molecular flexibility index (Phi) is 4.75. The third kappa shape index (κ3) is 3.18. The Bertz CT molecular complexity index is 1020. The molecule has 0 unspecified atom stereocenters. The summed E-state index contributed by atoms with van der Waals surface area (Å²) in [6.45, 7) is 0. The van der Waals surface area contributed by atoms with E-state index >= 15 is 0 Å². The maximum Gasteiger partial charge on any atom is 0.260 e. The molecule has 1 aromatic carbocycles. The van der Waals surface area contributed by atoms with Crippen molar-refractivity contribution in [2.24, 2.45) is 0 Å². The highest BCUT2D eigenvalue weighted by molar-refractivity contribution is 8.07. The fourth-order valence-corrected chi connectivity index (χ4v) is 5.41. The highest BCUT2D eigenvalue weighted by Gasteiger charge is 2.21. The summed E-state index contributed by atoms with van der Waals surface area (Å²) in [4.78, 5) is 24.9. The summed E-state index contributed by atoms with van der Waals surface area (Å²) < 4.78 is 0. The Hall–Kier alpha value is -1.50. The Balaban J connectivity index is 1.78. The molecule has 2 aromatic heterocycles. The van der Waals surface area contributed by atoms with Crippen LogP contribution in [0.4, 0.5) is 0 Å². The average molecular weight is 387 g/mol. The fourth-order valence-electron chi connectivity index (χ4n) is 3.19. The van der Waals surface area contributed by atoms with Crippen LogP contribution in [0.3, 0.4) is 0 Å². The number of fused-ring (bicyclic) bond motifs is 3. The molecule has 4 rings (SSSR count). The lowest BCUT2D eigenvalue weighted by molar-refractivity contribution is 0.916. The number of rotatable bonds is 4. The van der Waals surface area contributed by atoms with Crippen LogP contribution < -0.4 is 5.56 Å². The first-order chi connectivity index (χ1) is 12.2. The highest BCUT2D eigenvalue weighted by Crippen LogP contribution is 2.35. The summed E-state index contributed by atoms with van der Waals surface area (Å²) in [6.07, 6.45) is 9.41. The number of hydrogen-bond donors (Lipinski definition) is 1. The molecule has 6 heteroatoms. The van der Waals surface area contributed by atoms with Gasteiger partial charge in [0.05, 0.1) is 10.3 Å². The van der Waals surface area contributed by atoms with Crippen molar-refractivity contribution < 1.29 is 0 Å². The molecule has 1 N–H and O–H groups in total. The summed E-state index contributed by atoms with van der Waals surface area (Å²) >= 11 is 5.02. The van der Waals surface area contributed by atoms with Gasteiger partial charge in [0.25, 0.3) is 5.56 Å². The number of H-pyrrole nitrogens is 1. The molecule has 0 bridgehead atoms. The minimum atomic E-state index is -0.00270. The van der Waals surface area contributed by atoms with Gasteiger partial charge in [0.1, 0.15) is 10.7 Å². The Labute approximate surface area is 159 Å². The zero-order valence-corrected chi connectivity index (χ0v) is 16.5. The molecule has 0 atom stereocenters. The van der Waals surface area contributed by atoms with Gasteiger partial charge in [-0.15, -0.1) is 34.9 Å². The van der Waals surface area contributed by atoms with Gasteiger partial charge in [0.15, 0.2) is 0 Å². The standard InChI is InChI=1S/C19H18N2OS3/c1-23-12-8-6-11(7-9-12)10-15(24-2)17-20-18(22)16-13-4-3-5-14(13)25-19(16)21-17/h6-10H,3-5H2,1-2H3,(H,20,21,22)/b15-10-. The third-order valence-corrected chi connectivity index (χ3v) is 7.12. The summed E-state index contributed by atoms with van der Waals surface area (Å²) in [6, 6.07) is 8.41. The monoisotopic (exact) mass is 386 g/mol. The number of nitrogens with one attached hydrogen (secondary N) is 1. The second-order valence-electron chi connectivity index (χ2n) is 5.94. The lowest BCUT2D eigenvalue weighted by Crippen LogP contribution is -2.11. The number of nitrogens with zero attached hydrogens (tertiary/aromatic N) is 1. The predicted molar refractivity (Wildman–Crippen MR) is 112 cm³/mol. The quantitative estimate of drug-likeness (QED) is 0.637. The van der Waals surface area contributed by atoms with Crippen molar-refractivity contribution in [2.45, 2.75) is 24.2 Å². The SMILES string of the molecule is CS/C(=C\c1ccc(SC)cc1)c1nc2sc3c(c2c(=O)[nH]1)CCC3. The zero-order valence-electron chi connectivity index (χ0n) is 14.1. The first kappa shape index (κ1) is 16.9. The van der Waals surface area contributed by atoms with Crippen molar-refractivity contribution >= 4 is 56.1 Å². The van der Waals surface area contributed by atoms with Gasteiger partial charge in [-0.3, -0.25) is 4.79 Å². The molecule has 0 spiro atoms. The van der Waals surface area contributed by atoms with Gasteiger partial charge in [-0.05, 0) is 61.1 Å². The van der Waals surface area contributed by atoms with E-state index in [4.69, 9.17) is 4.98 Å². The van der Waals surface area contributed by atoms with Crippen LogP contribution in [0.15, 0.2) is 34.0 Å². The van der Waals surface area contributed by atoms with Crippen LogP contribution in [0.5, 0.6) is 0 Å². The Morgan fingerprint density at radius 3 is 2.76 bits per heavy atom. The molecule has 0 saturated carbocycles. The minimum absolute atomic E-state index is 0.00270. The second kappa shape index (κ2) is 7.02. The predicted octanol–water partition coefficient (Wildman–Crippen LogP) is 5.06. The van der Waals surface area contributed by atoms with E-state index in [1.165, 1.54) is 15.3 Å². The Morgan fingerprint density at radius 1 is 1.24 bits per heavy atom. The van der Waals surface area contributed by atoms with Crippen LogP contribution in [0.25, 0.3) is 21.2 Å². The summed E-state index contributed by atoms with van der Waals surface area (Å²) in [5.74, 6) is 0.666. The number of thiophene rings is 1. The second-order valence-corrected chi connectivity index (χ2v) is 8.75. The molecule has 1 aliphatic carbocycles. The van der Waals surface area contributed by atoms with Gasteiger partial charge >= 0.3 is 0 Å². The van der Waals surface area contributed by atoms with E-state index in [9.17, 15) is 4.79 Å². The largest absolute Gasteiger partial charge is 0.305 e. The molecule has 0 amide bonds. The van der Waals surface area contributed by atoms with Crippen molar-refractivity contribution in [2.75, 3.05) is 12.5 Å². The van der Waals surface area contributed by atoms with Gasteiger partial charge in [-0.1, -0.05) is 12.1 Å². The van der Waals surface area contributed by atoms with E-state index in [-0.39, 0.29) is 5.56 Å². The van der Waals surface area contributed by atoms with Crippen molar-refractivity contribution in [1.82, 2.24) is 9.97 Å². The van der Waals surface area contributed by atoms with E-state index in [2.05, 4.69) is 41.6 Å². The maximum absolute atomic E-state index is 12.6. The number of aromatic nitrogens is 2. The van der Waals surface area contributed by atoms with Gasteiger partial charge in [0, 0.05) is 9.77 Å². The number of aromatic amines is 1. The van der Waals surface area contributed by atoms with Crippen LogP contribution >= 0.6 is 34.9 Å². The molecule has 0 saturated heterocycles. The molecule has 0 fully saturated rings. The molecule has 3 aromatic rings. The van der Waals surface area contributed by atoms with E-state index in [1.54, 1.807) is 34.9 Å². The van der Waals surface area contributed by atoms with Gasteiger partial charge in [-0.25, -0.2) is 4.98 Å². The summed E-state index contributed by atoms with van der Waals surface area (Å²) in [5.41, 5.74) is 2.33. The topological polar surface area (TPSA) is 45.8 Å². The third-order valence-electron chi connectivity index (χ3n) is 4.44. The number of hydrogen-bond acceptors (Lipinski definition) is 5. The lowest BCUT2D eigenvalue weighted by Gasteiger charge is -2.05. The van der Waals surface area contributed by atoms with E-state index in [0.29, 0.717) is 5.82 Å². The molecule has 3 nitrogen and oxygen atoms in total. The minimum Gasteiger partial charge on any atom is -0.305 e. The molecular formula is C19H18N2OS3. The molecule has 25 heavy (non-hydrogen) atoms. The normalized spacial score (nSPS) is 14.2. The first-order valence-electron chi connectivity index (χ1n) is 8.14. The van der Waals surface area contributed by atoms with Crippen LogP contribution in [0, 0.1) is 0 Å². The number of benzene rings is 1. The molecule has 1 aliphatic rings. The fraction of sp³-hybridized carbons (Fsp3) is 0.263. The molecule has 128 valence electrons. The first-order valence-corrected chi connectivity index (χ1v) is 11.4. The Morgan fingerprint density at radius 2 is 2.04 bits per heavy atom. The van der Waals surface area contributed by atoms with E-state index < -0.39 is 0 Å². The summed E-state index contributed by atoms with van der Waals surface area (Å²) in [5, 5.41) is 0.811. The van der Waals surface area contributed by atoms with Crippen LogP contribution in [-0.4, -0.2) is 22.5 Å². The van der Waals surface area contributed by atoms with Crippen molar-refractivity contribution in [1.29, 1.82) is 0 Å². The van der Waals surface area contributed by atoms with Crippen LogP contribution in [0.2, 0.25) is 0 Å².